The standard InChI is InChI=1S/C29H32FN5O4/c1-32-28(25-4-2-3-5-26(25)31-32)34(29(37)22-8-12-24(13-9-22)35(38)39)19-18-33-16-14-21(15-17-33)27(36)20-6-10-23(30)11-7-20/h6-13,21H,2-5,14-19H2,1H3. The second kappa shape index (κ2) is 11.4. The fourth-order valence-corrected chi connectivity index (χ4v) is 5.70. The quantitative estimate of drug-likeness (QED) is 0.239. The van der Waals surface area contributed by atoms with Crippen molar-refractivity contribution in [3.63, 3.8) is 0 Å². The molecule has 39 heavy (non-hydrogen) atoms. The molecule has 1 aromatic heterocycles. The number of fused-ring (bicyclic) bond motifs is 1. The van der Waals surface area contributed by atoms with E-state index in [1.165, 1.54) is 36.4 Å². The van der Waals surface area contributed by atoms with Gasteiger partial charge in [0, 0.05) is 54.9 Å². The molecular weight excluding hydrogens is 501 g/mol. The minimum Gasteiger partial charge on any atom is -0.302 e. The molecule has 2 aromatic carbocycles. The highest BCUT2D eigenvalue weighted by Crippen LogP contribution is 2.31. The Morgan fingerprint density at radius 2 is 1.67 bits per heavy atom. The summed E-state index contributed by atoms with van der Waals surface area (Å²) in [6, 6.07) is 11.4. The maximum absolute atomic E-state index is 13.8. The summed E-state index contributed by atoms with van der Waals surface area (Å²) < 4.78 is 15.0. The van der Waals surface area contributed by atoms with Gasteiger partial charge < -0.3 is 4.90 Å². The first-order valence-electron chi connectivity index (χ1n) is 13.4. The molecule has 1 fully saturated rings. The third-order valence-corrected chi connectivity index (χ3v) is 7.84. The number of aryl methyl sites for hydroxylation is 2. The number of rotatable bonds is 8. The van der Waals surface area contributed by atoms with Crippen LogP contribution in [0.1, 0.15) is 57.7 Å². The smallest absolute Gasteiger partial charge is 0.269 e. The number of likely N-dealkylation sites (tertiary alicyclic amines) is 1. The Labute approximate surface area is 226 Å². The van der Waals surface area contributed by atoms with Crippen LogP contribution in [0.25, 0.3) is 0 Å². The highest BCUT2D eigenvalue weighted by molar-refractivity contribution is 6.06. The highest BCUT2D eigenvalue weighted by atomic mass is 19.1. The van der Waals surface area contributed by atoms with Gasteiger partial charge >= 0.3 is 0 Å². The summed E-state index contributed by atoms with van der Waals surface area (Å²) in [6.45, 7) is 2.50. The molecule has 0 N–H and O–H groups in total. The molecular formula is C29H32FN5O4. The van der Waals surface area contributed by atoms with Crippen LogP contribution in [0.4, 0.5) is 15.9 Å². The van der Waals surface area contributed by atoms with Gasteiger partial charge in [-0.25, -0.2) is 4.39 Å². The van der Waals surface area contributed by atoms with Crippen LogP contribution in [0.15, 0.2) is 48.5 Å². The van der Waals surface area contributed by atoms with Crippen molar-refractivity contribution in [2.45, 2.75) is 38.5 Å². The van der Waals surface area contributed by atoms with Gasteiger partial charge in [-0.2, -0.15) is 5.10 Å². The molecule has 204 valence electrons. The van der Waals surface area contributed by atoms with Gasteiger partial charge in [-0.3, -0.25) is 29.3 Å². The molecule has 0 saturated carbocycles. The molecule has 0 spiro atoms. The summed E-state index contributed by atoms with van der Waals surface area (Å²) in [5.41, 5.74) is 2.99. The molecule has 0 atom stereocenters. The number of benzene rings is 2. The van der Waals surface area contributed by atoms with Crippen molar-refractivity contribution in [3.8, 4) is 0 Å². The van der Waals surface area contributed by atoms with Crippen molar-refractivity contribution in [2.24, 2.45) is 13.0 Å². The number of piperidine rings is 1. The van der Waals surface area contributed by atoms with E-state index in [4.69, 9.17) is 5.10 Å². The maximum Gasteiger partial charge on any atom is 0.269 e. The predicted molar refractivity (Wildman–Crippen MR) is 145 cm³/mol. The van der Waals surface area contributed by atoms with Gasteiger partial charge in [0.05, 0.1) is 10.6 Å². The first-order chi connectivity index (χ1) is 18.8. The summed E-state index contributed by atoms with van der Waals surface area (Å²) in [5.74, 6) is 0.153. The Kier molecular flexibility index (Phi) is 7.83. The van der Waals surface area contributed by atoms with Crippen molar-refractivity contribution in [1.82, 2.24) is 14.7 Å². The largest absolute Gasteiger partial charge is 0.302 e. The summed E-state index contributed by atoms with van der Waals surface area (Å²) in [5, 5.41) is 15.8. The molecule has 5 rings (SSSR count). The molecule has 1 aliphatic carbocycles. The van der Waals surface area contributed by atoms with Gasteiger partial charge in [0.15, 0.2) is 5.78 Å². The van der Waals surface area contributed by atoms with Crippen LogP contribution in [0, 0.1) is 21.8 Å². The number of carbonyl (C=O) groups is 2. The molecule has 0 bridgehead atoms. The molecule has 10 heteroatoms. The SMILES string of the molecule is Cn1nc2c(c1N(CCN1CCC(C(=O)c3ccc(F)cc3)CC1)C(=O)c1ccc([N+](=O)[O-])cc1)CCCC2. The molecule has 0 radical (unpaired) electrons. The first-order valence-corrected chi connectivity index (χ1v) is 13.4. The molecule has 1 amide bonds. The Balaban J connectivity index is 1.30. The van der Waals surface area contributed by atoms with Crippen LogP contribution in [0.2, 0.25) is 0 Å². The number of Topliss-reactive ketones (excluding diaryl/α,β-unsaturated/α-hetero) is 1. The zero-order chi connectivity index (χ0) is 27.5. The number of hydrogen-bond donors (Lipinski definition) is 0. The lowest BCUT2D eigenvalue weighted by atomic mass is 9.89. The number of ketones is 1. The molecule has 3 aromatic rings. The second-order valence-electron chi connectivity index (χ2n) is 10.3. The molecule has 1 aliphatic heterocycles. The van der Waals surface area contributed by atoms with Crippen LogP contribution < -0.4 is 4.90 Å². The monoisotopic (exact) mass is 533 g/mol. The number of halogens is 1. The minimum absolute atomic E-state index is 0.0473. The van der Waals surface area contributed by atoms with E-state index < -0.39 is 4.92 Å². The number of nitro groups is 1. The maximum atomic E-state index is 13.8. The van der Waals surface area contributed by atoms with E-state index in [1.807, 2.05) is 7.05 Å². The molecule has 0 unspecified atom stereocenters. The zero-order valence-corrected chi connectivity index (χ0v) is 22.0. The van der Waals surface area contributed by atoms with Crippen LogP contribution in [0.3, 0.4) is 0 Å². The van der Waals surface area contributed by atoms with Gasteiger partial charge in [0.1, 0.15) is 11.6 Å². The van der Waals surface area contributed by atoms with Crippen LogP contribution in [-0.2, 0) is 19.9 Å². The second-order valence-corrected chi connectivity index (χ2v) is 10.3. The molecule has 9 nitrogen and oxygen atoms in total. The number of non-ortho nitro benzene ring substituents is 1. The lowest BCUT2D eigenvalue weighted by Crippen LogP contribution is -2.43. The van der Waals surface area contributed by atoms with Crippen molar-refractivity contribution in [2.75, 3.05) is 31.1 Å². The highest BCUT2D eigenvalue weighted by Gasteiger charge is 2.30. The number of nitrogens with zero attached hydrogens (tertiary/aromatic N) is 5. The average molecular weight is 534 g/mol. The van der Waals surface area contributed by atoms with Crippen molar-refractivity contribution in [1.29, 1.82) is 0 Å². The summed E-state index contributed by atoms with van der Waals surface area (Å²) in [6.07, 6.45) is 5.27. The third-order valence-electron chi connectivity index (χ3n) is 7.84. The van der Waals surface area contributed by atoms with Gasteiger partial charge in [-0.15, -0.1) is 0 Å². The summed E-state index contributed by atoms with van der Waals surface area (Å²) in [7, 11) is 1.86. The van der Waals surface area contributed by atoms with E-state index in [-0.39, 0.29) is 29.1 Å². The fraction of sp³-hybridized carbons (Fsp3) is 0.414. The van der Waals surface area contributed by atoms with Gasteiger partial charge in [0.25, 0.3) is 11.6 Å². The van der Waals surface area contributed by atoms with E-state index in [9.17, 15) is 24.1 Å². The lowest BCUT2D eigenvalue weighted by Gasteiger charge is -2.33. The average Bonchev–Trinajstić information content (AvgIpc) is 3.29. The van der Waals surface area contributed by atoms with Crippen molar-refractivity contribution < 1.29 is 18.9 Å². The zero-order valence-electron chi connectivity index (χ0n) is 22.0. The first kappa shape index (κ1) is 26.7. The van der Waals surface area contributed by atoms with E-state index in [0.717, 1.165) is 55.8 Å². The van der Waals surface area contributed by atoms with Gasteiger partial charge in [-0.05, 0) is 88.0 Å². The van der Waals surface area contributed by atoms with Gasteiger partial charge in [-0.1, -0.05) is 0 Å². The van der Waals surface area contributed by atoms with E-state index >= 15 is 0 Å². The van der Waals surface area contributed by atoms with Crippen molar-refractivity contribution >= 4 is 23.2 Å². The summed E-state index contributed by atoms with van der Waals surface area (Å²) in [4.78, 5) is 41.3. The van der Waals surface area contributed by atoms with Gasteiger partial charge in [0.2, 0.25) is 0 Å². The van der Waals surface area contributed by atoms with E-state index in [2.05, 4.69) is 4.90 Å². The number of aromatic nitrogens is 2. The molecule has 2 heterocycles. The predicted octanol–water partition coefficient (Wildman–Crippen LogP) is 4.59. The Morgan fingerprint density at radius 3 is 2.33 bits per heavy atom. The third kappa shape index (κ3) is 5.75. The molecule has 1 saturated heterocycles. The summed E-state index contributed by atoms with van der Waals surface area (Å²) >= 11 is 0. The number of carbonyl (C=O) groups excluding carboxylic acids is 2. The van der Waals surface area contributed by atoms with Crippen LogP contribution in [-0.4, -0.2) is 57.5 Å². The molecule has 2 aliphatic rings. The fourth-order valence-electron chi connectivity index (χ4n) is 5.70. The van der Waals surface area contributed by atoms with Crippen molar-refractivity contribution in [3.05, 3.63) is 86.8 Å². The Bertz CT molecular complexity index is 1360. The Morgan fingerprint density at radius 1 is 1.03 bits per heavy atom. The number of nitro benzene ring substituents is 1. The number of anilines is 1. The van der Waals surface area contributed by atoms with Crippen LogP contribution in [0.5, 0.6) is 0 Å². The number of amides is 1. The van der Waals surface area contributed by atoms with E-state index in [0.29, 0.717) is 37.1 Å². The Hall–Kier alpha value is -3.92. The van der Waals surface area contributed by atoms with E-state index in [1.54, 1.807) is 21.7 Å². The van der Waals surface area contributed by atoms with Crippen LogP contribution >= 0.6 is 0 Å². The lowest BCUT2D eigenvalue weighted by molar-refractivity contribution is -0.384. The topological polar surface area (TPSA) is 102 Å². The minimum atomic E-state index is -0.478. The number of hydrogen-bond acceptors (Lipinski definition) is 6. The normalized spacial score (nSPS) is 16.1.